The minimum Gasteiger partial charge on any atom is -0.409 e. The Morgan fingerprint density at radius 1 is 1.53 bits per heavy atom. The van der Waals surface area contributed by atoms with Crippen LogP contribution in [-0.4, -0.2) is 32.9 Å². The molecular weight excluding hydrogens is 208 g/mol. The zero-order valence-electron chi connectivity index (χ0n) is 10.8. The molecule has 0 saturated carbocycles. The van der Waals surface area contributed by atoms with Crippen molar-refractivity contribution in [3.05, 3.63) is 0 Å². The van der Waals surface area contributed by atoms with Gasteiger partial charge in [0.15, 0.2) is 14.1 Å². The first-order chi connectivity index (χ1) is 6.79. The second-order valence-electron chi connectivity index (χ2n) is 5.13. The van der Waals surface area contributed by atoms with Gasteiger partial charge in [0.25, 0.3) is 0 Å². The van der Waals surface area contributed by atoms with E-state index in [0.717, 1.165) is 6.04 Å². The van der Waals surface area contributed by atoms with Crippen LogP contribution in [0.2, 0.25) is 19.1 Å². The van der Waals surface area contributed by atoms with Crippen molar-refractivity contribution in [2.45, 2.75) is 64.8 Å². The minimum absolute atomic E-state index is 0.00377. The van der Waals surface area contributed by atoms with Crippen LogP contribution in [0.3, 0.4) is 0 Å². The van der Waals surface area contributed by atoms with E-state index in [2.05, 4.69) is 20.0 Å². The van der Waals surface area contributed by atoms with Crippen molar-refractivity contribution < 1.29 is 13.9 Å². The molecule has 0 aromatic heterocycles. The smallest absolute Gasteiger partial charge is 0.190 e. The lowest BCUT2D eigenvalue weighted by Crippen LogP contribution is -2.46. The number of ether oxygens (including phenoxy) is 2. The first-order valence-corrected chi connectivity index (χ1v) is 8.90. The molecule has 0 amide bonds. The molecule has 3 atom stereocenters. The molecule has 1 heterocycles. The lowest BCUT2D eigenvalue weighted by Gasteiger charge is -2.35. The third-order valence-corrected chi connectivity index (χ3v) is 5.82. The maximum absolute atomic E-state index is 6.11. The van der Waals surface area contributed by atoms with E-state index < -0.39 is 14.1 Å². The highest BCUT2D eigenvalue weighted by Crippen LogP contribution is 2.30. The maximum atomic E-state index is 6.11. The first-order valence-electron chi connectivity index (χ1n) is 5.78. The van der Waals surface area contributed by atoms with E-state index in [0.29, 0.717) is 6.61 Å². The number of hydrogen-bond acceptors (Lipinski definition) is 3. The van der Waals surface area contributed by atoms with Crippen molar-refractivity contribution in [2.24, 2.45) is 0 Å². The van der Waals surface area contributed by atoms with Gasteiger partial charge in [-0.1, -0.05) is 6.92 Å². The normalized spacial score (nSPS) is 34.4. The molecule has 0 aromatic rings. The van der Waals surface area contributed by atoms with Gasteiger partial charge < -0.3 is 13.9 Å². The van der Waals surface area contributed by atoms with Crippen molar-refractivity contribution in [1.82, 2.24) is 0 Å². The van der Waals surface area contributed by atoms with Gasteiger partial charge in [-0.2, -0.15) is 0 Å². The summed E-state index contributed by atoms with van der Waals surface area (Å²) < 4.78 is 17.6. The van der Waals surface area contributed by atoms with E-state index in [1.54, 1.807) is 0 Å². The summed E-state index contributed by atoms with van der Waals surface area (Å²) in [5.74, 6) is -0.557. The summed E-state index contributed by atoms with van der Waals surface area (Å²) in [4.78, 5) is 0. The molecule has 0 bridgehead atoms. The summed E-state index contributed by atoms with van der Waals surface area (Å²) in [6.07, 6.45) is 0.177. The fourth-order valence-corrected chi connectivity index (χ4v) is 2.97. The highest BCUT2D eigenvalue weighted by Gasteiger charge is 2.43. The summed E-state index contributed by atoms with van der Waals surface area (Å²) in [5, 5.41) is 0. The molecule has 3 nitrogen and oxygen atoms in total. The maximum Gasteiger partial charge on any atom is 0.190 e. The van der Waals surface area contributed by atoms with Crippen molar-refractivity contribution in [3.8, 4) is 0 Å². The molecule has 1 saturated heterocycles. The molecular formula is C11H24O3Si. The van der Waals surface area contributed by atoms with Gasteiger partial charge in [-0.15, -0.1) is 0 Å². The van der Waals surface area contributed by atoms with Crippen LogP contribution in [0.1, 0.15) is 27.7 Å². The third-order valence-electron chi connectivity index (χ3n) is 3.13. The Labute approximate surface area is 94.2 Å². The topological polar surface area (TPSA) is 27.7 Å². The van der Waals surface area contributed by atoms with E-state index in [-0.39, 0.29) is 12.2 Å². The van der Waals surface area contributed by atoms with E-state index in [4.69, 9.17) is 13.9 Å². The Balaban J connectivity index is 2.57. The molecule has 15 heavy (non-hydrogen) atoms. The third kappa shape index (κ3) is 3.28. The quantitative estimate of drug-likeness (QED) is 0.698. The first kappa shape index (κ1) is 13.2. The zero-order chi connectivity index (χ0) is 11.7. The number of hydrogen-bond donors (Lipinski definition) is 0. The fraction of sp³-hybridized carbons (Fsp3) is 1.00. The van der Waals surface area contributed by atoms with Crippen LogP contribution in [0, 0.1) is 0 Å². The van der Waals surface area contributed by atoms with Crippen LogP contribution < -0.4 is 0 Å². The lowest BCUT2D eigenvalue weighted by atomic mass is 10.2. The van der Waals surface area contributed by atoms with Crippen molar-refractivity contribution in [1.29, 1.82) is 0 Å². The number of rotatable bonds is 4. The van der Waals surface area contributed by atoms with Crippen LogP contribution in [0.5, 0.6) is 0 Å². The van der Waals surface area contributed by atoms with Crippen LogP contribution >= 0.6 is 0 Å². The Hall–Kier alpha value is 0.0969. The SMILES string of the molecule is CC[Si](C)(C)OC(C)C1(C)OCC(C)O1. The largest absolute Gasteiger partial charge is 0.409 e. The highest BCUT2D eigenvalue weighted by atomic mass is 28.4. The lowest BCUT2D eigenvalue weighted by molar-refractivity contribution is -0.204. The van der Waals surface area contributed by atoms with Gasteiger partial charge >= 0.3 is 0 Å². The Bertz CT molecular complexity index is 220. The van der Waals surface area contributed by atoms with Crippen LogP contribution in [-0.2, 0) is 13.9 Å². The highest BCUT2D eigenvalue weighted by molar-refractivity contribution is 6.71. The van der Waals surface area contributed by atoms with Gasteiger partial charge in [0, 0.05) is 0 Å². The summed E-state index contributed by atoms with van der Waals surface area (Å²) in [6, 6.07) is 1.11. The predicted molar refractivity (Wildman–Crippen MR) is 63.4 cm³/mol. The second-order valence-corrected chi connectivity index (χ2v) is 9.59. The molecule has 1 rings (SSSR count). The Morgan fingerprint density at radius 3 is 2.53 bits per heavy atom. The van der Waals surface area contributed by atoms with E-state index in [1.165, 1.54) is 0 Å². The Kier molecular flexibility index (Phi) is 3.98. The standard InChI is InChI=1S/C11H24O3Si/c1-7-15(5,6)14-10(3)11(4)12-8-9(2)13-11/h9-10H,7-8H2,1-6H3. The van der Waals surface area contributed by atoms with Gasteiger partial charge in [-0.05, 0) is 39.9 Å². The van der Waals surface area contributed by atoms with Gasteiger partial charge in [0.05, 0.1) is 18.8 Å². The van der Waals surface area contributed by atoms with Gasteiger partial charge in [0.2, 0.25) is 0 Å². The van der Waals surface area contributed by atoms with E-state index in [9.17, 15) is 0 Å². The molecule has 1 fully saturated rings. The van der Waals surface area contributed by atoms with Crippen LogP contribution in [0.4, 0.5) is 0 Å². The molecule has 4 heteroatoms. The average Bonchev–Trinajstić information content (AvgIpc) is 2.47. The molecule has 0 N–H and O–H groups in total. The van der Waals surface area contributed by atoms with Gasteiger partial charge in [-0.3, -0.25) is 0 Å². The molecule has 0 spiro atoms. The second kappa shape index (κ2) is 4.53. The fourth-order valence-electron chi connectivity index (χ4n) is 1.63. The molecule has 1 aliphatic rings. The van der Waals surface area contributed by atoms with E-state index >= 15 is 0 Å². The van der Waals surface area contributed by atoms with E-state index in [1.807, 2.05) is 20.8 Å². The van der Waals surface area contributed by atoms with Crippen LogP contribution in [0.15, 0.2) is 0 Å². The monoisotopic (exact) mass is 232 g/mol. The van der Waals surface area contributed by atoms with Gasteiger partial charge in [0.1, 0.15) is 0 Å². The minimum atomic E-state index is -1.54. The molecule has 0 radical (unpaired) electrons. The molecule has 90 valence electrons. The average molecular weight is 232 g/mol. The van der Waals surface area contributed by atoms with Crippen molar-refractivity contribution in [3.63, 3.8) is 0 Å². The van der Waals surface area contributed by atoms with Crippen molar-refractivity contribution in [2.75, 3.05) is 6.61 Å². The van der Waals surface area contributed by atoms with Crippen molar-refractivity contribution >= 4 is 8.32 Å². The summed E-state index contributed by atoms with van der Waals surface area (Å²) in [7, 11) is -1.54. The predicted octanol–water partition coefficient (Wildman–Crippen LogP) is 2.77. The molecule has 1 aliphatic heterocycles. The summed E-state index contributed by atoms with van der Waals surface area (Å²) in [6.45, 7) is 13.3. The summed E-state index contributed by atoms with van der Waals surface area (Å²) in [5.41, 5.74) is 0. The summed E-state index contributed by atoms with van der Waals surface area (Å²) >= 11 is 0. The Morgan fingerprint density at radius 2 is 2.13 bits per heavy atom. The molecule has 0 aliphatic carbocycles. The zero-order valence-corrected chi connectivity index (χ0v) is 11.8. The van der Waals surface area contributed by atoms with Gasteiger partial charge in [-0.25, -0.2) is 0 Å². The molecule has 3 unspecified atom stereocenters. The van der Waals surface area contributed by atoms with Crippen LogP contribution in [0.25, 0.3) is 0 Å². The molecule has 0 aromatic carbocycles.